The van der Waals surface area contributed by atoms with E-state index in [0.717, 1.165) is 5.56 Å². The van der Waals surface area contributed by atoms with E-state index < -0.39 is 0 Å². The summed E-state index contributed by atoms with van der Waals surface area (Å²) in [5.74, 6) is -0.623. The van der Waals surface area contributed by atoms with Gasteiger partial charge >= 0.3 is 0 Å². The maximum atomic E-state index is 13.2. The quantitative estimate of drug-likeness (QED) is 0.459. The minimum Gasteiger partial charge on any atom is -0.321 e. The molecule has 0 unspecified atom stereocenters. The average molecular weight is 427 g/mol. The highest BCUT2D eigenvalue weighted by Crippen LogP contribution is 2.26. The highest BCUT2D eigenvalue weighted by molar-refractivity contribution is 6.36. The topological polar surface area (TPSA) is 59.8 Å². The number of benzene rings is 3. The first kappa shape index (κ1) is 19.1. The van der Waals surface area contributed by atoms with Gasteiger partial charge in [0.1, 0.15) is 5.82 Å². The van der Waals surface area contributed by atoms with Crippen molar-refractivity contribution in [2.75, 3.05) is 5.32 Å². The van der Waals surface area contributed by atoms with Crippen LogP contribution in [-0.4, -0.2) is 20.9 Å². The van der Waals surface area contributed by atoms with Gasteiger partial charge in [-0.05, 0) is 66.7 Å². The molecule has 0 radical (unpaired) electrons. The fourth-order valence-corrected chi connectivity index (χ4v) is 3.24. The smallest absolute Gasteiger partial charge is 0.255 e. The van der Waals surface area contributed by atoms with Gasteiger partial charge in [0.15, 0.2) is 0 Å². The van der Waals surface area contributed by atoms with Crippen LogP contribution in [0.15, 0.2) is 72.9 Å². The molecule has 0 saturated carbocycles. The standard InChI is InChI=1S/C21H13Cl2FN4O/c22-15-5-10-19(18(23)11-15)26-21(29)14-3-8-17(9-4-14)28-20(12-25-27-28)13-1-6-16(24)7-2-13/h1-12H,(H,26,29). The summed E-state index contributed by atoms with van der Waals surface area (Å²) in [6, 6.07) is 17.8. The lowest BCUT2D eigenvalue weighted by atomic mass is 10.1. The highest BCUT2D eigenvalue weighted by Gasteiger charge is 2.12. The molecule has 0 aliphatic heterocycles. The molecular formula is C21H13Cl2FN4O. The van der Waals surface area contributed by atoms with Crippen molar-refractivity contribution >= 4 is 34.8 Å². The molecule has 4 rings (SSSR count). The Bertz CT molecular complexity index is 1170. The zero-order valence-electron chi connectivity index (χ0n) is 14.8. The molecule has 1 aromatic heterocycles. The van der Waals surface area contributed by atoms with Gasteiger partial charge in [0.2, 0.25) is 0 Å². The van der Waals surface area contributed by atoms with Crippen LogP contribution < -0.4 is 5.32 Å². The van der Waals surface area contributed by atoms with Gasteiger partial charge in [0.05, 0.1) is 28.3 Å². The van der Waals surface area contributed by atoms with Crippen LogP contribution in [0.3, 0.4) is 0 Å². The number of nitrogens with one attached hydrogen (secondary N) is 1. The molecular weight excluding hydrogens is 414 g/mol. The Labute approximate surface area is 175 Å². The molecule has 1 heterocycles. The number of anilines is 1. The summed E-state index contributed by atoms with van der Waals surface area (Å²) in [5.41, 5.74) is 3.11. The molecule has 0 aliphatic rings. The van der Waals surface area contributed by atoms with Crippen LogP contribution in [0.4, 0.5) is 10.1 Å². The molecule has 0 saturated heterocycles. The Kier molecular flexibility index (Phi) is 5.29. The largest absolute Gasteiger partial charge is 0.321 e. The number of amides is 1. The average Bonchev–Trinajstić information content (AvgIpc) is 3.20. The van der Waals surface area contributed by atoms with Gasteiger partial charge in [-0.3, -0.25) is 4.79 Å². The van der Waals surface area contributed by atoms with Crippen LogP contribution in [-0.2, 0) is 0 Å². The molecule has 29 heavy (non-hydrogen) atoms. The molecule has 0 spiro atoms. The maximum absolute atomic E-state index is 13.2. The lowest BCUT2D eigenvalue weighted by molar-refractivity contribution is 0.102. The number of carbonyl (C=O) groups is 1. The van der Waals surface area contributed by atoms with Gasteiger partial charge in [-0.25, -0.2) is 9.07 Å². The first-order valence-corrected chi connectivity index (χ1v) is 9.30. The minimum atomic E-state index is -0.316. The Morgan fingerprint density at radius 2 is 1.69 bits per heavy atom. The molecule has 1 amide bonds. The summed E-state index contributed by atoms with van der Waals surface area (Å²) in [6.45, 7) is 0. The van der Waals surface area contributed by atoms with Crippen LogP contribution in [0.1, 0.15) is 10.4 Å². The summed E-state index contributed by atoms with van der Waals surface area (Å²) >= 11 is 12.0. The highest BCUT2D eigenvalue weighted by atomic mass is 35.5. The molecule has 3 aromatic carbocycles. The second kappa shape index (κ2) is 8.03. The second-order valence-corrected chi connectivity index (χ2v) is 7.01. The molecule has 1 N–H and O–H groups in total. The number of hydrogen-bond donors (Lipinski definition) is 1. The zero-order valence-corrected chi connectivity index (χ0v) is 16.3. The van der Waals surface area contributed by atoms with Crippen LogP contribution in [0.25, 0.3) is 16.9 Å². The number of rotatable bonds is 4. The van der Waals surface area contributed by atoms with Crippen molar-refractivity contribution < 1.29 is 9.18 Å². The van der Waals surface area contributed by atoms with Crippen molar-refractivity contribution in [3.63, 3.8) is 0 Å². The van der Waals surface area contributed by atoms with E-state index in [1.165, 1.54) is 12.1 Å². The van der Waals surface area contributed by atoms with Crippen molar-refractivity contribution in [3.05, 3.63) is 94.4 Å². The number of hydrogen-bond acceptors (Lipinski definition) is 3. The first-order chi connectivity index (χ1) is 14.0. The van der Waals surface area contributed by atoms with Gasteiger partial charge in [0, 0.05) is 16.1 Å². The van der Waals surface area contributed by atoms with Crippen LogP contribution in [0, 0.1) is 5.82 Å². The molecule has 0 bridgehead atoms. The van der Waals surface area contributed by atoms with E-state index >= 15 is 0 Å². The maximum Gasteiger partial charge on any atom is 0.255 e. The molecule has 0 aliphatic carbocycles. The van der Waals surface area contributed by atoms with Gasteiger partial charge < -0.3 is 5.32 Å². The summed E-state index contributed by atoms with van der Waals surface area (Å²) in [7, 11) is 0. The zero-order chi connectivity index (χ0) is 20.4. The van der Waals surface area contributed by atoms with Crippen molar-refractivity contribution in [2.24, 2.45) is 0 Å². The summed E-state index contributed by atoms with van der Waals surface area (Å²) in [6.07, 6.45) is 1.59. The van der Waals surface area contributed by atoms with Gasteiger partial charge in [-0.2, -0.15) is 0 Å². The van der Waals surface area contributed by atoms with Crippen molar-refractivity contribution in [2.45, 2.75) is 0 Å². The Balaban J connectivity index is 1.56. The summed E-state index contributed by atoms with van der Waals surface area (Å²) < 4.78 is 14.8. The lowest BCUT2D eigenvalue weighted by Gasteiger charge is -2.09. The number of halogens is 3. The third kappa shape index (κ3) is 4.13. The molecule has 8 heteroatoms. The Morgan fingerprint density at radius 1 is 0.966 bits per heavy atom. The monoisotopic (exact) mass is 426 g/mol. The molecule has 144 valence electrons. The third-order valence-corrected chi connectivity index (χ3v) is 4.79. The number of nitrogens with zero attached hydrogens (tertiary/aromatic N) is 3. The summed E-state index contributed by atoms with van der Waals surface area (Å²) in [5, 5.41) is 11.6. The molecule has 0 atom stereocenters. The predicted molar refractivity (Wildman–Crippen MR) is 111 cm³/mol. The van der Waals surface area contributed by atoms with Crippen LogP contribution in [0.5, 0.6) is 0 Å². The van der Waals surface area contributed by atoms with Gasteiger partial charge in [-0.1, -0.05) is 28.4 Å². The Morgan fingerprint density at radius 3 is 2.38 bits per heavy atom. The molecule has 4 aromatic rings. The van der Waals surface area contributed by atoms with E-state index in [0.29, 0.717) is 32.7 Å². The predicted octanol–water partition coefficient (Wildman–Crippen LogP) is 5.63. The van der Waals surface area contributed by atoms with Gasteiger partial charge in [-0.15, -0.1) is 5.10 Å². The molecule has 5 nitrogen and oxygen atoms in total. The van der Waals surface area contributed by atoms with Gasteiger partial charge in [0.25, 0.3) is 5.91 Å². The number of carbonyl (C=O) groups excluding carboxylic acids is 1. The van der Waals surface area contributed by atoms with Crippen molar-refractivity contribution in [3.8, 4) is 16.9 Å². The summed E-state index contributed by atoms with van der Waals surface area (Å²) in [4.78, 5) is 12.5. The normalized spacial score (nSPS) is 10.7. The molecule has 0 fully saturated rings. The third-order valence-electron chi connectivity index (χ3n) is 4.24. The van der Waals surface area contributed by atoms with Crippen molar-refractivity contribution in [1.82, 2.24) is 15.0 Å². The first-order valence-electron chi connectivity index (χ1n) is 8.55. The fraction of sp³-hybridized carbons (Fsp3) is 0. The van der Waals surface area contributed by atoms with E-state index in [1.54, 1.807) is 65.5 Å². The lowest BCUT2D eigenvalue weighted by Crippen LogP contribution is -2.12. The minimum absolute atomic E-state index is 0.307. The van der Waals surface area contributed by atoms with E-state index in [4.69, 9.17) is 23.2 Å². The van der Waals surface area contributed by atoms with Crippen molar-refractivity contribution in [1.29, 1.82) is 0 Å². The van der Waals surface area contributed by atoms with E-state index in [9.17, 15) is 9.18 Å². The van der Waals surface area contributed by atoms with Crippen LogP contribution >= 0.6 is 23.2 Å². The SMILES string of the molecule is O=C(Nc1ccc(Cl)cc1Cl)c1ccc(-n2nncc2-c2ccc(F)cc2)cc1. The Hall–Kier alpha value is -3.22. The van der Waals surface area contributed by atoms with E-state index in [-0.39, 0.29) is 11.7 Å². The van der Waals surface area contributed by atoms with E-state index in [2.05, 4.69) is 15.6 Å². The second-order valence-electron chi connectivity index (χ2n) is 6.16. The number of aromatic nitrogens is 3. The van der Waals surface area contributed by atoms with Crippen LogP contribution in [0.2, 0.25) is 10.0 Å². The van der Waals surface area contributed by atoms with E-state index in [1.807, 2.05) is 0 Å². The fourth-order valence-electron chi connectivity index (χ4n) is 2.78.